The molecule has 0 aromatic rings. The van der Waals surface area contributed by atoms with Crippen LogP contribution in [0.4, 0.5) is 4.79 Å². The van der Waals surface area contributed by atoms with E-state index in [9.17, 15) is 9.59 Å². The van der Waals surface area contributed by atoms with E-state index in [0.717, 1.165) is 32.1 Å². The minimum absolute atomic E-state index is 0.0200. The number of nitrogens with zero attached hydrogens (tertiary/aromatic N) is 2. The quantitative estimate of drug-likeness (QED) is 0.614. The average molecular weight is 194 g/mol. The van der Waals surface area contributed by atoms with E-state index in [1.807, 2.05) is 0 Å². The third kappa shape index (κ3) is 1.06. The van der Waals surface area contributed by atoms with Gasteiger partial charge < -0.3 is 4.90 Å². The molecule has 4 heteroatoms. The lowest BCUT2D eigenvalue weighted by molar-refractivity contribution is -0.128. The van der Waals surface area contributed by atoms with Crippen LogP contribution in [0.25, 0.3) is 0 Å². The molecule has 76 valence electrons. The van der Waals surface area contributed by atoms with Crippen LogP contribution in [0, 0.1) is 0 Å². The van der Waals surface area contributed by atoms with Crippen molar-refractivity contribution in [3.63, 3.8) is 0 Å². The van der Waals surface area contributed by atoms with Gasteiger partial charge >= 0.3 is 6.03 Å². The van der Waals surface area contributed by atoms with E-state index in [1.165, 1.54) is 4.90 Å². The zero-order valence-corrected chi connectivity index (χ0v) is 8.11. The summed E-state index contributed by atoms with van der Waals surface area (Å²) < 4.78 is 0. The van der Waals surface area contributed by atoms with Crippen LogP contribution in [0.15, 0.2) is 0 Å². The van der Waals surface area contributed by atoms with Gasteiger partial charge in [0.1, 0.15) is 6.54 Å². The molecule has 0 atom stereocenters. The van der Waals surface area contributed by atoms with Gasteiger partial charge in [-0.25, -0.2) is 4.79 Å². The van der Waals surface area contributed by atoms with Gasteiger partial charge in [-0.3, -0.25) is 9.69 Å². The fraction of sp³-hybridized carbons (Fsp3) is 0.800. The van der Waals surface area contributed by atoms with E-state index in [2.05, 4.69) is 0 Å². The Balaban J connectivity index is 1.77. The van der Waals surface area contributed by atoms with E-state index >= 15 is 0 Å². The summed E-state index contributed by atoms with van der Waals surface area (Å²) in [7, 11) is 0. The van der Waals surface area contributed by atoms with Crippen molar-refractivity contribution in [2.45, 2.75) is 44.2 Å². The van der Waals surface area contributed by atoms with Gasteiger partial charge in [0, 0.05) is 12.1 Å². The van der Waals surface area contributed by atoms with Crippen LogP contribution in [0.5, 0.6) is 0 Å². The molecule has 1 aliphatic heterocycles. The predicted octanol–water partition coefficient (Wildman–Crippen LogP) is 0.966. The summed E-state index contributed by atoms with van der Waals surface area (Å²) in [5.74, 6) is 0.0200. The highest BCUT2D eigenvalue weighted by Crippen LogP contribution is 2.34. The Morgan fingerprint density at radius 1 is 1.00 bits per heavy atom. The Kier molecular flexibility index (Phi) is 1.60. The molecule has 3 fully saturated rings. The summed E-state index contributed by atoms with van der Waals surface area (Å²) in [4.78, 5) is 26.7. The maximum atomic E-state index is 11.9. The first-order chi connectivity index (χ1) is 6.77. The molecule has 1 heterocycles. The molecule has 4 nitrogen and oxygen atoms in total. The van der Waals surface area contributed by atoms with Crippen LogP contribution >= 0.6 is 0 Å². The maximum Gasteiger partial charge on any atom is 0.327 e. The van der Waals surface area contributed by atoms with E-state index in [1.54, 1.807) is 4.90 Å². The van der Waals surface area contributed by atoms with Crippen LogP contribution in [0.1, 0.15) is 32.1 Å². The van der Waals surface area contributed by atoms with Crippen molar-refractivity contribution in [3.05, 3.63) is 0 Å². The van der Waals surface area contributed by atoms with Gasteiger partial charge in [-0.1, -0.05) is 0 Å². The van der Waals surface area contributed by atoms with Gasteiger partial charge in [0.25, 0.3) is 5.91 Å². The Hall–Kier alpha value is -1.06. The Labute approximate surface area is 82.8 Å². The molecule has 2 saturated carbocycles. The molecule has 0 bridgehead atoms. The lowest BCUT2D eigenvalue weighted by Gasteiger charge is -2.32. The van der Waals surface area contributed by atoms with Gasteiger partial charge in [0.15, 0.2) is 0 Å². The monoisotopic (exact) mass is 194 g/mol. The highest BCUT2D eigenvalue weighted by molar-refractivity contribution is 6.02. The Morgan fingerprint density at radius 3 is 2.21 bits per heavy atom. The summed E-state index contributed by atoms with van der Waals surface area (Å²) in [6.45, 7) is 0.333. The molecular weight excluding hydrogens is 180 g/mol. The zero-order valence-electron chi connectivity index (χ0n) is 8.11. The number of carbonyl (C=O) groups is 2. The second kappa shape index (κ2) is 2.72. The molecule has 0 aromatic heterocycles. The van der Waals surface area contributed by atoms with Crippen molar-refractivity contribution >= 4 is 11.9 Å². The summed E-state index contributed by atoms with van der Waals surface area (Å²) in [5.41, 5.74) is 0. The molecule has 3 aliphatic rings. The molecule has 3 amide bonds. The second-order valence-corrected chi connectivity index (χ2v) is 4.49. The smallest absolute Gasteiger partial charge is 0.312 e. The molecule has 0 unspecified atom stereocenters. The highest BCUT2D eigenvalue weighted by atomic mass is 16.2. The number of hydrogen-bond donors (Lipinski definition) is 0. The molecular formula is C10H14N2O2. The first kappa shape index (κ1) is 8.26. The zero-order chi connectivity index (χ0) is 9.71. The lowest BCUT2D eigenvalue weighted by atomic mass is 9.92. The SMILES string of the molecule is O=C1CN(C2CC2)C(=O)N1C1CCC1. The number of imide groups is 1. The molecule has 0 aromatic carbocycles. The summed E-state index contributed by atoms with van der Waals surface area (Å²) in [6.07, 6.45) is 5.34. The van der Waals surface area contributed by atoms with Crippen molar-refractivity contribution in [1.82, 2.24) is 9.80 Å². The van der Waals surface area contributed by atoms with E-state index in [-0.39, 0.29) is 18.0 Å². The fourth-order valence-electron chi connectivity index (χ4n) is 2.21. The van der Waals surface area contributed by atoms with Crippen molar-refractivity contribution < 1.29 is 9.59 Å². The molecule has 14 heavy (non-hydrogen) atoms. The van der Waals surface area contributed by atoms with E-state index in [4.69, 9.17) is 0 Å². The van der Waals surface area contributed by atoms with Crippen LogP contribution < -0.4 is 0 Å². The number of rotatable bonds is 2. The standard InChI is InChI=1S/C10H14N2O2/c13-9-6-11(7-4-5-7)10(14)12(9)8-2-1-3-8/h7-8H,1-6H2. The maximum absolute atomic E-state index is 11.9. The van der Waals surface area contributed by atoms with Crippen LogP contribution in [0.3, 0.4) is 0 Å². The Bertz CT molecular complexity index is 294. The minimum Gasteiger partial charge on any atom is -0.312 e. The van der Waals surface area contributed by atoms with Gasteiger partial charge in [-0.05, 0) is 32.1 Å². The third-order valence-electron chi connectivity index (χ3n) is 3.45. The molecule has 0 N–H and O–H groups in total. The minimum atomic E-state index is -0.0257. The normalized spacial score (nSPS) is 28.6. The fourth-order valence-corrected chi connectivity index (χ4v) is 2.21. The van der Waals surface area contributed by atoms with Crippen LogP contribution in [0.2, 0.25) is 0 Å². The van der Waals surface area contributed by atoms with Crippen molar-refractivity contribution in [1.29, 1.82) is 0 Å². The first-order valence-electron chi connectivity index (χ1n) is 5.40. The van der Waals surface area contributed by atoms with Crippen molar-refractivity contribution in [3.8, 4) is 0 Å². The first-order valence-corrected chi connectivity index (χ1v) is 5.40. The van der Waals surface area contributed by atoms with Crippen LogP contribution in [-0.4, -0.2) is 40.4 Å². The predicted molar refractivity (Wildman–Crippen MR) is 49.6 cm³/mol. The molecule has 0 spiro atoms. The van der Waals surface area contributed by atoms with Gasteiger partial charge in [0.2, 0.25) is 0 Å². The molecule has 2 aliphatic carbocycles. The van der Waals surface area contributed by atoms with Gasteiger partial charge in [-0.15, -0.1) is 0 Å². The molecule has 0 radical (unpaired) electrons. The van der Waals surface area contributed by atoms with Gasteiger partial charge in [0.05, 0.1) is 0 Å². The van der Waals surface area contributed by atoms with Crippen LogP contribution in [-0.2, 0) is 4.79 Å². The summed E-state index contributed by atoms with van der Waals surface area (Å²) >= 11 is 0. The molecule has 3 rings (SSSR count). The largest absolute Gasteiger partial charge is 0.327 e. The van der Waals surface area contributed by atoms with E-state index in [0.29, 0.717) is 12.6 Å². The highest BCUT2D eigenvalue weighted by Gasteiger charge is 2.47. The van der Waals surface area contributed by atoms with E-state index < -0.39 is 0 Å². The lowest BCUT2D eigenvalue weighted by Crippen LogP contribution is -2.45. The Morgan fingerprint density at radius 2 is 1.71 bits per heavy atom. The second-order valence-electron chi connectivity index (χ2n) is 4.49. The number of urea groups is 1. The number of hydrogen-bond acceptors (Lipinski definition) is 2. The summed E-state index contributed by atoms with van der Waals surface area (Å²) in [6, 6.07) is 0.567. The molecule has 1 saturated heterocycles. The number of carbonyl (C=O) groups excluding carboxylic acids is 2. The number of amides is 3. The topological polar surface area (TPSA) is 40.6 Å². The van der Waals surface area contributed by atoms with Crippen molar-refractivity contribution in [2.75, 3.05) is 6.54 Å². The summed E-state index contributed by atoms with van der Waals surface area (Å²) in [5, 5.41) is 0. The third-order valence-corrected chi connectivity index (χ3v) is 3.45. The van der Waals surface area contributed by atoms with Crippen molar-refractivity contribution in [2.24, 2.45) is 0 Å². The average Bonchev–Trinajstić information content (AvgIpc) is 2.84. The van der Waals surface area contributed by atoms with Gasteiger partial charge in [-0.2, -0.15) is 0 Å².